The van der Waals surface area contributed by atoms with Crippen LogP contribution in [0.15, 0.2) is 42.9 Å². The molecular weight excluding hydrogens is 268 g/mol. The maximum absolute atomic E-state index is 12.1. The number of aromatic nitrogens is 3. The number of ether oxygens (including phenoxy) is 1. The van der Waals surface area contributed by atoms with Crippen molar-refractivity contribution in [3.8, 4) is 5.75 Å². The SMILES string of the molecule is COc1ccc2c(ccn2CC(=O)Nc2cnn(C)c2)c1. The number of nitrogens with zero attached hydrogens (tertiary/aromatic N) is 3. The zero-order chi connectivity index (χ0) is 14.8. The summed E-state index contributed by atoms with van der Waals surface area (Å²) in [4.78, 5) is 12.1. The summed E-state index contributed by atoms with van der Waals surface area (Å²) < 4.78 is 8.75. The number of carbonyl (C=O) groups is 1. The fourth-order valence-electron chi connectivity index (χ4n) is 2.28. The van der Waals surface area contributed by atoms with Crippen LogP contribution in [0.4, 0.5) is 5.69 Å². The number of hydrogen-bond acceptors (Lipinski definition) is 3. The molecule has 0 fully saturated rings. The first-order valence-corrected chi connectivity index (χ1v) is 6.57. The highest BCUT2D eigenvalue weighted by molar-refractivity contribution is 5.92. The van der Waals surface area contributed by atoms with Crippen molar-refractivity contribution in [2.75, 3.05) is 12.4 Å². The highest BCUT2D eigenvalue weighted by atomic mass is 16.5. The molecule has 0 aliphatic rings. The van der Waals surface area contributed by atoms with Gasteiger partial charge in [-0.1, -0.05) is 0 Å². The van der Waals surface area contributed by atoms with Crippen LogP contribution in [-0.2, 0) is 18.4 Å². The number of methoxy groups -OCH3 is 1. The highest BCUT2D eigenvalue weighted by Gasteiger charge is 2.08. The number of anilines is 1. The molecule has 6 heteroatoms. The maximum Gasteiger partial charge on any atom is 0.244 e. The number of fused-ring (bicyclic) bond motifs is 1. The molecule has 6 nitrogen and oxygen atoms in total. The van der Waals surface area contributed by atoms with Crippen molar-refractivity contribution in [2.24, 2.45) is 7.05 Å². The van der Waals surface area contributed by atoms with Crippen molar-refractivity contribution < 1.29 is 9.53 Å². The van der Waals surface area contributed by atoms with Crippen LogP contribution in [0.2, 0.25) is 0 Å². The van der Waals surface area contributed by atoms with Gasteiger partial charge in [-0.25, -0.2) is 0 Å². The van der Waals surface area contributed by atoms with Crippen molar-refractivity contribution in [3.63, 3.8) is 0 Å². The number of nitrogens with one attached hydrogen (secondary N) is 1. The van der Waals surface area contributed by atoms with Crippen LogP contribution in [0.25, 0.3) is 10.9 Å². The first kappa shape index (κ1) is 13.2. The molecule has 1 N–H and O–H groups in total. The normalized spacial score (nSPS) is 10.8. The third kappa shape index (κ3) is 2.74. The van der Waals surface area contributed by atoms with Crippen LogP contribution in [0.1, 0.15) is 0 Å². The summed E-state index contributed by atoms with van der Waals surface area (Å²) in [6.45, 7) is 0.255. The van der Waals surface area contributed by atoms with Crippen LogP contribution in [0.5, 0.6) is 5.75 Å². The number of benzene rings is 1. The molecule has 1 aromatic carbocycles. The van der Waals surface area contributed by atoms with Gasteiger partial charge < -0.3 is 14.6 Å². The summed E-state index contributed by atoms with van der Waals surface area (Å²) in [6.07, 6.45) is 5.28. The summed E-state index contributed by atoms with van der Waals surface area (Å²) >= 11 is 0. The van der Waals surface area contributed by atoms with E-state index < -0.39 is 0 Å². The molecule has 0 aliphatic carbocycles. The van der Waals surface area contributed by atoms with E-state index in [1.54, 1.807) is 24.2 Å². The third-order valence-corrected chi connectivity index (χ3v) is 3.28. The van der Waals surface area contributed by atoms with E-state index >= 15 is 0 Å². The van der Waals surface area contributed by atoms with E-state index in [2.05, 4.69) is 10.4 Å². The number of carbonyl (C=O) groups excluding carboxylic acids is 1. The maximum atomic E-state index is 12.1. The van der Waals surface area contributed by atoms with E-state index in [0.717, 1.165) is 16.7 Å². The summed E-state index contributed by atoms with van der Waals surface area (Å²) in [5.41, 5.74) is 1.69. The molecule has 3 rings (SSSR count). The molecule has 0 aliphatic heterocycles. The molecule has 0 spiro atoms. The van der Waals surface area contributed by atoms with Gasteiger partial charge >= 0.3 is 0 Å². The molecule has 0 unspecified atom stereocenters. The van der Waals surface area contributed by atoms with E-state index in [0.29, 0.717) is 5.69 Å². The summed E-state index contributed by atoms with van der Waals surface area (Å²) in [7, 11) is 3.45. The lowest BCUT2D eigenvalue weighted by Gasteiger charge is -2.06. The van der Waals surface area contributed by atoms with E-state index in [9.17, 15) is 4.79 Å². The number of amides is 1. The van der Waals surface area contributed by atoms with Gasteiger partial charge in [0.05, 0.1) is 19.0 Å². The predicted molar refractivity (Wildman–Crippen MR) is 80.3 cm³/mol. The largest absolute Gasteiger partial charge is 0.497 e. The van der Waals surface area contributed by atoms with Crippen LogP contribution < -0.4 is 10.1 Å². The van der Waals surface area contributed by atoms with Gasteiger partial charge in [-0.15, -0.1) is 0 Å². The van der Waals surface area contributed by atoms with Crippen LogP contribution in [0.3, 0.4) is 0 Å². The topological polar surface area (TPSA) is 61.1 Å². The summed E-state index contributed by atoms with van der Waals surface area (Å²) in [5, 5.41) is 7.88. The predicted octanol–water partition coefficient (Wildman–Crippen LogP) is 2.02. The van der Waals surface area contributed by atoms with Gasteiger partial charge in [0.25, 0.3) is 0 Å². The Hall–Kier alpha value is -2.76. The van der Waals surface area contributed by atoms with E-state index in [-0.39, 0.29) is 12.5 Å². The first-order chi connectivity index (χ1) is 10.2. The van der Waals surface area contributed by atoms with Crippen LogP contribution >= 0.6 is 0 Å². The Labute approximate surface area is 121 Å². The van der Waals surface area contributed by atoms with Crippen LogP contribution in [0, 0.1) is 0 Å². The molecule has 2 heterocycles. The molecular formula is C15H16N4O2. The van der Waals surface area contributed by atoms with Gasteiger partial charge in [0, 0.05) is 30.3 Å². The van der Waals surface area contributed by atoms with Gasteiger partial charge in [-0.05, 0) is 24.3 Å². The zero-order valence-electron chi connectivity index (χ0n) is 11.9. The Kier molecular flexibility index (Phi) is 3.35. The second-order valence-electron chi connectivity index (χ2n) is 4.82. The Balaban J connectivity index is 1.76. The third-order valence-electron chi connectivity index (χ3n) is 3.28. The second-order valence-corrected chi connectivity index (χ2v) is 4.82. The Morgan fingerprint density at radius 3 is 2.95 bits per heavy atom. The van der Waals surface area contributed by atoms with Crippen molar-refractivity contribution in [2.45, 2.75) is 6.54 Å². The summed E-state index contributed by atoms with van der Waals surface area (Å²) in [5.74, 6) is 0.719. The molecule has 1 amide bonds. The van der Waals surface area contributed by atoms with Gasteiger partial charge in [0.2, 0.25) is 5.91 Å². The summed E-state index contributed by atoms with van der Waals surface area (Å²) in [6, 6.07) is 7.75. The standard InChI is InChI=1S/C15H16N4O2/c1-18-9-12(8-16-18)17-15(20)10-19-6-5-11-7-13(21-2)3-4-14(11)19/h3-9H,10H2,1-2H3,(H,17,20). The van der Waals surface area contributed by atoms with Gasteiger partial charge in [-0.2, -0.15) is 5.10 Å². The molecule has 21 heavy (non-hydrogen) atoms. The van der Waals surface area contributed by atoms with E-state index in [1.807, 2.05) is 42.1 Å². The highest BCUT2D eigenvalue weighted by Crippen LogP contribution is 2.21. The molecule has 108 valence electrons. The van der Waals surface area contributed by atoms with Crippen molar-refractivity contribution in [1.82, 2.24) is 14.3 Å². The quantitative estimate of drug-likeness (QED) is 0.797. The number of aryl methyl sites for hydroxylation is 1. The molecule has 0 saturated carbocycles. The minimum Gasteiger partial charge on any atom is -0.497 e. The monoisotopic (exact) mass is 284 g/mol. The minimum absolute atomic E-state index is 0.0867. The molecule has 3 aromatic rings. The minimum atomic E-state index is -0.0867. The Morgan fingerprint density at radius 1 is 1.38 bits per heavy atom. The molecule has 0 saturated heterocycles. The lowest BCUT2D eigenvalue weighted by Crippen LogP contribution is -2.17. The van der Waals surface area contributed by atoms with Crippen molar-refractivity contribution in [1.29, 1.82) is 0 Å². The Morgan fingerprint density at radius 2 is 2.24 bits per heavy atom. The molecule has 2 aromatic heterocycles. The first-order valence-electron chi connectivity index (χ1n) is 6.57. The van der Waals surface area contributed by atoms with Gasteiger partial charge in [-0.3, -0.25) is 9.48 Å². The number of rotatable bonds is 4. The molecule has 0 radical (unpaired) electrons. The van der Waals surface area contributed by atoms with Crippen LogP contribution in [-0.4, -0.2) is 27.4 Å². The average molecular weight is 284 g/mol. The smallest absolute Gasteiger partial charge is 0.244 e. The van der Waals surface area contributed by atoms with Crippen molar-refractivity contribution in [3.05, 3.63) is 42.9 Å². The molecule has 0 atom stereocenters. The zero-order valence-corrected chi connectivity index (χ0v) is 11.9. The van der Waals surface area contributed by atoms with Crippen molar-refractivity contribution >= 4 is 22.5 Å². The molecule has 0 bridgehead atoms. The van der Waals surface area contributed by atoms with Gasteiger partial charge in [0.1, 0.15) is 12.3 Å². The average Bonchev–Trinajstić information content (AvgIpc) is 3.05. The fourth-order valence-corrected chi connectivity index (χ4v) is 2.28. The van der Waals surface area contributed by atoms with Gasteiger partial charge in [0.15, 0.2) is 0 Å². The lowest BCUT2D eigenvalue weighted by atomic mass is 10.2. The van der Waals surface area contributed by atoms with E-state index in [1.165, 1.54) is 0 Å². The Bertz CT molecular complexity index is 788. The number of hydrogen-bond donors (Lipinski definition) is 1. The lowest BCUT2D eigenvalue weighted by molar-refractivity contribution is -0.116. The van der Waals surface area contributed by atoms with E-state index in [4.69, 9.17) is 4.74 Å². The fraction of sp³-hybridized carbons (Fsp3) is 0.200. The second kappa shape index (κ2) is 5.32.